The molecule has 2 N–H and O–H groups in total. The van der Waals surface area contributed by atoms with E-state index in [0.29, 0.717) is 11.3 Å². The van der Waals surface area contributed by atoms with Gasteiger partial charge in [0, 0.05) is 0 Å². The summed E-state index contributed by atoms with van der Waals surface area (Å²) < 4.78 is 0. The van der Waals surface area contributed by atoms with Crippen LogP contribution >= 0.6 is 0 Å². The zero-order valence-corrected chi connectivity index (χ0v) is 13.5. The van der Waals surface area contributed by atoms with Crippen molar-refractivity contribution in [3.8, 4) is 0 Å². The average Bonchev–Trinajstić information content (AvgIpc) is 2.82. The Morgan fingerprint density at radius 3 is 2.62 bits per heavy atom. The first-order valence-electron chi connectivity index (χ1n) is 8.98. The first-order valence-corrected chi connectivity index (χ1v) is 8.98. The number of rotatable bonds is 0. The number of hydrogen-bond acceptors (Lipinski definition) is 2. The Kier molecular flexibility index (Phi) is 3.11. The van der Waals surface area contributed by atoms with Crippen molar-refractivity contribution in [3.05, 3.63) is 12.2 Å². The zero-order chi connectivity index (χ0) is 14.8. The first-order chi connectivity index (χ1) is 9.94. The molecule has 0 spiro atoms. The van der Waals surface area contributed by atoms with E-state index >= 15 is 0 Å². The molecule has 0 amide bonds. The van der Waals surface area contributed by atoms with E-state index in [9.17, 15) is 10.2 Å². The van der Waals surface area contributed by atoms with Crippen molar-refractivity contribution >= 4 is 0 Å². The Hall–Kier alpha value is -0.340. The van der Waals surface area contributed by atoms with Crippen LogP contribution in [0.4, 0.5) is 0 Å². The Bertz CT molecular complexity index is 458. The lowest BCUT2D eigenvalue weighted by molar-refractivity contribution is -0.153. The molecule has 4 aliphatic carbocycles. The highest BCUT2D eigenvalue weighted by atomic mass is 16.3. The minimum Gasteiger partial charge on any atom is -0.390 e. The molecule has 3 fully saturated rings. The number of hydrogen-bond donors (Lipinski definition) is 2. The molecule has 4 rings (SSSR count). The Balaban J connectivity index is 1.64. The quantitative estimate of drug-likeness (QED) is 0.670. The van der Waals surface area contributed by atoms with Crippen LogP contribution in [0.3, 0.4) is 0 Å². The lowest BCUT2D eigenvalue weighted by Crippen LogP contribution is -2.56. The molecule has 118 valence electrons. The molecule has 0 bridgehead atoms. The standard InChI is InChI=1S/C19H30O2/c1-18-8-3-4-14(18)13-6-5-12-10-16(20)17(21)11-19(12,2)15(13)7-9-18/h3,8,12-17,20-21H,4-7,9-11H2,1-2H3/t12?,13-,14-,15+,16?,17?,18-,19-/m0/s1. The van der Waals surface area contributed by atoms with Crippen LogP contribution in [-0.4, -0.2) is 22.4 Å². The third-order valence-corrected chi connectivity index (χ3v) is 8.01. The summed E-state index contributed by atoms with van der Waals surface area (Å²) in [5, 5.41) is 20.3. The second-order valence-electron chi connectivity index (χ2n) is 8.91. The van der Waals surface area contributed by atoms with Crippen LogP contribution in [0.1, 0.15) is 58.8 Å². The van der Waals surface area contributed by atoms with E-state index in [2.05, 4.69) is 26.0 Å². The average molecular weight is 290 g/mol. The van der Waals surface area contributed by atoms with Gasteiger partial charge in [0.15, 0.2) is 0 Å². The summed E-state index contributed by atoms with van der Waals surface area (Å²) in [5.74, 6) is 3.05. The van der Waals surface area contributed by atoms with Crippen molar-refractivity contribution in [3.63, 3.8) is 0 Å². The van der Waals surface area contributed by atoms with E-state index in [1.807, 2.05) is 0 Å². The largest absolute Gasteiger partial charge is 0.390 e. The number of aliphatic hydroxyl groups excluding tert-OH is 2. The second-order valence-corrected chi connectivity index (χ2v) is 8.91. The molecule has 2 heteroatoms. The van der Waals surface area contributed by atoms with Gasteiger partial charge < -0.3 is 10.2 Å². The van der Waals surface area contributed by atoms with E-state index in [-0.39, 0.29) is 5.41 Å². The maximum Gasteiger partial charge on any atom is 0.0804 e. The van der Waals surface area contributed by atoms with Gasteiger partial charge in [0.05, 0.1) is 12.2 Å². The van der Waals surface area contributed by atoms with Gasteiger partial charge in [-0.25, -0.2) is 0 Å². The molecule has 0 heterocycles. The molecular weight excluding hydrogens is 260 g/mol. The summed E-state index contributed by atoms with van der Waals surface area (Å²) in [7, 11) is 0. The van der Waals surface area contributed by atoms with Crippen molar-refractivity contribution in [2.24, 2.45) is 34.5 Å². The first kappa shape index (κ1) is 14.3. The van der Waals surface area contributed by atoms with Crippen molar-refractivity contribution in [1.29, 1.82) is 0 Å². The van der Waals surface area contributed by atoms with Crippen molar-refractivity contribution in [2.75, 3.05) is 0 Å². The molecule has 8 atom stereocenters. The zero-order valence-electron chi connectivity index (χ0n) is 13.5. The minimum absolute atomic E-state index is 0.255. The Morgan fingerprint density at radius 2 is 1.81 bits per heavy atom. The van der Waals surface area contributed by atoms with E-state index < -0.39 is 12.2 Å². The molecule has 0 aromatic heterocycles. The SMILES string of the molecule is C[C@@]12C=CC[C@H]1[C@@H]1CCC3CC(O)C(O)C[C@]3(C)[C@@H]1CC2. The van der Waals surface area contributed by atoms with Crippen molar-refractivity contribution in [2.45, 2.75) is 71.0 Å². The third-order valence-electron chi connectivity index (χ3n) is 8.01. The lowest BCUT2D eigenvalue weighted by Gasteiger charge is -2.60. The third kappa shape index (κ3) is 1.91. The molecule has 0 aromatic carbocycles. The van der Waals surface area contributed by atoms with Crippen LogP contribution in [0, 0.1) is 34.5 Å². The van der Waals surface area contributed by atoms with Gasteiger partial charge in [-0.2, -0.15) is 0 Å². The normalized spacial score (nSPS) is 59.2. The van der Waals surface area contributed by atoms with Crippen LogP contribution in [0.5, 0.6) is 0 Å². The molecular formula is C19H30O2. The number of fused-ring (bicyclic) bond motifs is 5. The Morgan fingerprint density at radius 1 is 1.00 bits per heavy atom. The summed E-state index contributed by atoms with van der Waals surface area (Å²) in [6.07, 6.45) is 12.1. The molecule has 0 aromatic rings. The molecule has 0 saturated heterocycles. The predicted octanol–water partition coefficient (Wildman–Crippen LogP) is 3.53. The van der Waals surface area contributed by atoms with Gasteiger partial charge in [-0.05, 0) is 79.4 Å². The highest BCUT2D eigenvalue weighted by molar-refractivity contribution is 5.16. The molecule has 2 nitrogen and oxygen atoms in total. The van der Waals surface area contributed by atoms with E-state index in [1.165, 1.54) is 32.1 Å². The second kappa shape index (κ2) is 4.58. The molecule has 3 saturated carbocycles. The van der Waals surface area contributed by atoms with Gasteiger partial charge in [0.25, 0.3) is 0 Å². The van der Waals surface area contributed by atoms with E-state index in [1.54, 1.807) is 0 Å². The molecule has 4 aliphatic rings. The summed E-state index contributed by atoms with van der Waals surface area (Å²) in [5.41, 5.74) is 0.697. The maximum atomic E-state index is 10.2. The van der Waals surface area contributed by atoms with Crippen LogP contribution in [0.25, 0.3) is 0 Å². The van der Waals surface area contributed by atoms with Crippen LogP contribution in [0.15, 0.2) is 12.2 Å². The van der Waals surface area contributed by atoms with E-state index in [4.69, 9.17) is 0 Å². The molecule has 21 heavy (non-hydrogen) atoms. The van der Waals surface area contributed by atoms with Crippen molar-refractivity contribution in [1.82, 2.24) is 0 Å². The molecule has 3 unspecified atom stereocenters. The fourth-order valence-corrected chi connectivity index (χ4v) is 6.76. The van der Waals surface area contributed by atoms with Crippen molar-refractivity contribution < 1.29 is 10.2 Å². The number of aliphatic hydroxyl groups is 2. The Labute approximate surface area is 128 Å². The highest BCUT2D eigenvalue weighted by Crippen LogP contribution is 2.64. The molecule has 0 radical (unpaired) electrons. The topological polar surface area (TPSA) is 40.5 Å². The van der Waals surface area contributed by atoms with Gasteiger partial charge in [0.2, 0.25) is 0 Å². The van der Waals surface area contributed by atoms with Gasteiger partial charge >= 0.3 is 0 Å². The fraction of sp³-hybridized carbons (Fsp3) is 0.895. The fourth-order valence-electron chi connectivity index (χ4n) is 6.76. The van der Waals surface area contributed by atoms with Crippen LogP contribution < -0.4 is 0 Å². The highest BCUT2D eigenvalue weighted by Gasteiger charge is 2.58. The van der Waals surface area contributed by atoms with Gasteiger partial charge in [0.1, 0.15) is 0 Å². The smallest absolute Gasteiger partial charge is 0.0804 e. The number of allylic oxidation sites excluding steroid dienone is 2. The molecule has 0 aliphatic heterocycles. The predicted molar refractivity (Wildman–Crippen MR) is 83.6 cm³/mol. The van der Waals surface area contributed by atoms with Crippen LogP contribution in [-0.2, 0) is 0 Å². The summed E-state index contributed by atoms with van der Waals surface area (Å²) in [6.45, 7) is 4.89. The minimum atomic E-state index is -0.500. The van der Waals surface area contributed by atoms with Crippen LogP contribution in [0.2, 0.25) is 0 Å². The van der Waals surface area contributed by atoms with Gasteiger partial charge in [-0.15, -0.1) is 0 Å². The summed E-state index contributed by atoms with van der Waals surface area (Å²) in [6, 6.07) is 0. The van der Waals surface area contributed by atoms with Gasteiger partial charge in [-0.1, -0.05) is 26.0 Å². The summed E-state index contributed by atoms with van der Waals surface area (Å²) >= 11 is 0. The lowest BCUT2D eigenvalue weighted by atomic mass is 9.45. The monoisotopic (exact) mass is 290 g/mol. The van der Waals surface area contributed by atoms with Gasteiger partial charge in [-0.3, -0.25) is 0 Å². The van der Waals surface area contributed by atoms with E-state index in [0.717, 1.165) is 30.6 Å². The maximum absolute atomic E-state index is 10.2. The summed E-state index contributed by atoms with van der Waals surface area (Å²) in [4.78, 5) is 0.